The molecular formula is C13H30N2. The van der Waals surface area contributed by atoms with E-state index in [1.807, 2.05) is 7.05 Å². The molecule has 1 N–H and O–H groups in total. The van der Waals surface area contributed by atoms with Gasteiger partial charge in [-0.25, -0.2) is 0 Å². The molecule has 15 heavy (non-hydrogen) atoms. The summed E-state index contributed by atoms with van der Waals surface area (Å²) in [7, 11) is 4.28. The van der Waals surface area contributed by atoms with E-state index in [4.69, 9.17) is 0 Å². The zero-order valence-corrected chi connectivity index (χ0v) is 11.2. The topological polar surface area (TPSA) is 15.3 Å². The Kier molecular flexibility index (Phi) is 10.4. The van der Waals surface area contributed by atoms with Crippen LogP contribution in [0.3, 0.4) is 0 Å². The average molecular weight is 214 g/mol. The van der Waals surface area contributed by atoms with Crippen LogP contribution in [0.2, 0.25) is 0 Å². The Labute approximate surface area is 96.4 Å². The van der Waals surface area contributed by atoms with Gasteiger partial charge < -0.3 is 10.2 Å². The lowest BCUT2D eigenvalue weighted by Crippen LogP contribution is -2.25. The van der Waals surface area contributed by atoms with Crippen molar-refractivity contribution in [1.29, 1.82) is 0 Å². The molecule has 92 valence electrons. The second-order valence-corrected chi connectivity index (χ2v) is 4.82. The van der Waals surface area contributed by atoms with Crippen molar-refractivity contribution in [1.82, 2.24) is 10.2 Å². The van der Waals surface area contributed by atoms with Gasteiger partial charge in [0, 0.05) is 0 Å². The van der Waals surface area contributed by atoms with Gasteiger partial charge in [0.1, 0.15) is 0 Å². The van der Waals surface area contributed by atoms with Gasteiger partial charge in [0.25, 0.3) is 0 Å². The first-order valence-electron chi connectivity index (χ1n) is 6.53. The normalized spacial score (nSPS) is 13.4. The molecule has 0 saturated carbocycles. The van der Waals surface area contributed by atoms with Crippen LogP contribution in [-0.4, -0.2) is 38.6 Å². The van der Waals surface area contributed by atoms with Gasteiger partial charge in [-0.15, -0.1) is 0 Å². The molecule has 2 heteroatoms. The van der Waals surface area contributed by atoms with E-state index in [1.54, 1.807) is 0 Å². The molecule has 1 atom stereocenters. The van der Waals surface area contributed by atoms with Gasteiger partial charge >= 0.3 is 0 Å². The Morgan fingerprint density at radius 1 is 1.13 bits per heavy atom. The molecule has 0 spiro atoms. The summed E-state index contributed by atoms with van der Waals surface area (Å²) in [6, 6.07) is 0. The van der Waals surface area contributed by atoms with Crippen molar-refractivity contribution in [3.63, 3.8) is 0 Å². The smallest absolute Gasteiger partial charge is 0.00188 e. The van der Waals surface area contributed by atoms with E-state index < -0.39 is 0 Å². The molecule has 0 aromatic heterocycles. The van der Waals surface area contributed by atoms with E-state index in [0.29, 0.717) is 0 Å². The van der Waals surface area contributed by atoms with Gasteiger partial charge in [0.05, 0.1) is 0 Å². The predicted octanol–water partition coefficient (Wildman–Crippen LogP) is 2.74. The maximum Gasteiger partial charge on any atom is -0.00188 e. The minimum absolute atomic E-state index is 0.799. The summed E-state index contributed by atoms with van der Waals surface area (Å²) in [4.78, 5) is 2.47. The van der Waals surface area contributed by atoms with Gasteiger partial charge in [-0.3, -0.25) is 0 Å². The SMILES string of the molecule is CCCCCCN(C)CCC(C)CNC. The Morgan fingerprint density at radius 3 is 2.47 bits per heavy atom. The Bertz CT molecular complexity index is 126. The number of rotatable bonds is 10. The van der Waals surface area contributed by atoms with Crippen LogP contribution < -0.4 is 5.32 Å². The van der Waals surface area contributed by atoms with Gasteiger partial charge in [-0.1, -0.05) is 33.1 Å². The van der Waals surface area contributed by atoms with Gasteiger partial charge in [0.2, 0.25) is 0 Å². The Balaban J connectivity index is 3.28. The molecule has 0 rings (SSSR count). The number of hydrogen-bond donors (Lipinski definition) is 1. The fourth-order valence-corrected chi connectivity index (χ4v) is 1.81. The minimum Gasteiger partial charge on any atom is -0.319 e. The highest BCUT2D eigenvalue weighted by Gasteiger charge is 2.03. The van der Waals surface area contributed by atoms with Crippen LogP contribution in [0.15, 0.2) is 0 Å². The van der Waals surface area contributed by atoms with E-state index in [2.05, 4.69) is 31.1 Å². The summed E-state index contributed by atoms with van der Waals surface area (Å²) < 4.78 is 0. The molecule has 1 unspecified atom stereocenters. The third-order valence-corrected chi connectivity index (χ3v) is 2.95. The van der Waals surface area contributed by atoms with Crippen molar-refractivity contribution in [2.45, 2.75) is 46.0 Å². The van der Waals surface area contributed by atoms with Crippen LogP contribution in [-0.2, 0) is 0 Å². The molecule has 0 aliphatic heterocycles. The lowest BCUT2D eigenvalue weighted by Gasteiger charge is -2.19. The number of nitrogens with one attached hydrogen (secondary N) is 1. The second-order valence-electron chi connectivity index (χ2n) is 4.82. The molecule has 0 bridgehead atoms. The highest BCUT2D eigenvalue weighted by Crippen LogP contribution is 2.04. The molecule has 0 fully saturated rings. The van der Waals surface area contributed by atoms with Gasteiger partial charge in [-0.2, -0.15) is 0 Å². The monoisotopic (exact) mass is 214 g/mol. The van der Waals surface area contributed by atoms with Crippen LogP contribution in [0.25, 0.3) is 0 Å². The Morgan fingerprint density at radius 2 is 1.87 bits per heavy atom. The zero-order valence-electron chi connectivity index (χ0n) is 11.2. The third-order valence-electron chi connectivity index (χ3n) is 2.95. The van der Waals surface area contributed by atoms with Crippen LogP contribution >= 0.6 is 0 Å². The van der Waals surface area contributed by atoms with Crippen molar-refractivity contribution < 1.29 is 0 Å². The standard InChI is InChI=1S/C13H30N2/c1-5-6-7-8-10-15(4)11-9-13(2)12-14-3/h13-14H,5-12H2,1-4H3. The molecule has 0 heterocycles. The van der Waals surface area contributed by atoms with E-state index >= 15 is 0 Å². The number of nitrogens with zero attached hydrogens (tertiary/aromatic N) is 1. The fraction of sp³-hybridized carbons (Fsp3) is 1.00. The zero-order chi connectivity index (χ0) is 11.5. The predicted molar refractivity (Wildman–Crippen MR) is 69.3 cm³/mol. The molecule has 2 nitrogen and oxygen atoms in total. The van der Waals surface area contributed by atoms with Crippen molar-refractivity contribution >= 4 is 0 Å². The van der Waals surface area contributed by atoms with Crippen molar-refractivity contribution in [2.24, 2.45) is 5.92 Å². The summed E-state index contributed by atoms with van der Waals surface area (Å²) in [5.41, 5.74) is 0. The molecule has 0 amide bonds. The van der Waals surface area contributed by atoms with E-state index in [-0.39, 0.29) is 0 Å². The highest BCUT2D eigenvalue weighted by atomic mass is 15.1. The van der Waals surface area contributed by atoms with Crippen molar-refractivity contribution in [3.8, 4) is 0 Å². The second kappa shape index (κ2) is 10.4. The van der Waals surface area contributed by atoms with Crippen LogP contribution in [0.5, 0.6) is 0 Å². The maximum absolute atomic E-state index is 3.23. The molecule has 0 aromatic rings. The summed E-state index contributed by atoms with van der Waals surface area (Å²) >= 11 is 0. The lowest BCUT2D eigenvalue weighted by molar-refractivity contribution is 0.296. The molecule has 0 aromatic carbocycles. The van der Waals surface area contributed by atoms with Crippen molar-refractivity contribution in [3.05, 3.63) is 0 Å². The largest absolute Gasteiger partial charge is 0.319 e. The van der Waals surface area contributed by atoms with Crippen LogP contribution in [0.4, 0.5) is 0 Å². The summed E-state index contributed by atoms with van der Waals surface area (Å²) in [5, 5.41) is 3.23. The molecule has 0 aliphatic rings. The Hall–Kier alpha value is -0.0800. The third kappa shape index (κ3) is 10.2. The van der Waals surface area contributed by atoms with E-state index in [0.717, 1.165) is 12.5 Å². The fourth-order valence-electron chi connectivity index (χ4n) is 1.81. The van der Waals surface area contributed by atoms with Crippen LogP contribution in [0.1, 0.15) is 46.0 Å². The average Bonchev–Trinajstić information content (AvgIpc) is 2.22. The minimum atomic E-state index is 0.799. The highest BCUT2D eigenvalue weighted by molar-refractivity contribution is 4.59. The summed E-state index contributed by atoms with van der Waals surface area (Å²) in [5.74, 6) is 0.799. The first-order chi connectivity index (χ1) is 7.20. The lowest BCUT2D eigenvalue weighted by atomic mass is 10.1. The molecular weight excluding hydrogens is 184 g/mol. The molecule has 0 saturated heterocycles. The summed E-state index contributed by atoms with van der Waals surface area (Å²) in [6.07, 6.45) is 6.80. The van der Waals surface area contributed by atoms with Gasteiger partial charge in [-0.05, 0) is 52.5 Å². The van der Waals surface area contributed by atoms with Gasteiger partial charge in [0.15, 0.2) is 0 Å². The maximum atomic E-state index is 3.23. The molecule has 0 radical (unpaired) electrons. The quantitative estimate of drug-likeness (QED) is 0.563. The van der Waals surface area contributed by atoms with E-state index in [1.165, 1.54) is 45.2 Å². The first-order valence-corrected chi connectivity index (χ1v) is 6.53. The van der Waals surface area contributed by atoms with E-state index in [9.17, 15) is 0 Å². The van der Waals surface area contributed by atoms with Crippen LogP contribution in [0, 0.1) is 5.92 Å². The number of unbranched alkanes of at least 4 members (excludes halogenated alkanes) is 3. The van der Waals surface area contributed by atoms with Crippen molar-refractivity contribution in [2.75, 3.05) is 33.7 Å². The molecule has 0 aliphatic carbocycles. The number of hydrogen-bond acceptors (Lipinski definition) is 2. The summed E-state index contributed by atoms with van der Waals surface area (Å²) in [6.45, 7) is 8.25. The first kappa shape index (κ1) is 14.9.